The number of hydrogen-bond donors (Lipinski definition) is 2. The molecule has 124 valence electrons. The molecular weight excluding hydrogens is 314 g/mol. The smallest absolute Gasteiger partial charge is 0.273 e. The van der Waals surface area contributed by atoms with Crippen molar-refractivity contribution >= 4 is 22.4 Å². The lowest BCUT2D eigenvalue weighted by molar-refractivity contribution is 0.0417. The van der Waals surface area contributed by atoms with Crippen molar-refractivity contribution < 1.29 is 9.90 Å². The average molecular weight is 335 g/mol. The lowest BCUT2D eigenvalue weighted by Crippen LogP contribution is -2.40. The van der Waals surface area contributed by atoms with Gasteiger partial charge in [0, 0.05) is 45.0 Å². The number of nitrogens with one attached hydrogen (secondary N) is 1. The minimum atomic E-state index is -0.581. The summed E-state index contributed by atoms with van der Waals surface area (Å²) in [5.74, 6) is 0.782. The first-order valence-corrected chi connectivity index (χ1v) is 8.56. The molecule has 1 aliphatic heterocycles. The highest BCUT2D eigenvalue weighted by Crippen LogP contribution is 2.30. The van der Waals surface area contributed by atoms with Gasteiger partial charge in [-0.25, -0.2) is 9.97 Å². The lowest BCUT2D eigenvalue weighted by Gasteiger charge is -2.33. The van der Waals surface area contributed by atoms with Crippen LogP contribution in [0.2, 0.25) is 0 Å². The Balaban J connectivity index is 1.60. The monoisotopic (exact) mass is 335 g/mol. The topological polar surface area (TPSA) is 83.3 Å². The van der Waals surface area contributed by atoms with Crippen LogP contribution >= 0.6 is 11.3 Å². The van der Waals surface area contributed by atoms with E-state index in [2.05, 4.69) is 15.3 Å². The van der Waals surface area contributed by atoms with E-state index in [1.165, 1.54) is 11.3 Å². The zero-order valence-corrected chi connectivity index (χ0v) is 14.1. The van der Waals surface area contributed by atoms with Gasteiger partial charge in [-0.1, -0.05) is 0 Å². The van der Waals surface area contributed by atoms with Gasteiger partial charge in [-0.3, -0.25) is 4.79 Å². The molecule has 2 N–H and O–H groups in total. The first-order valence-electron chi connectivity index (χ1n) is 7.68. The Kier molecular flexibility index (Phi) is 4.63. The SMILES string of the molecule is CNc1nc(C(=O)N2CCC([C@@H](O)c3nccn3C)CC2)cs1. The number of rotatable bonds is 4. The number of aliphatic hydroxyl groups excluding tert-OH is 1. The maximum atomic E-state index is 12.5. The number of aromatic nitrogens is 3. The number of carbonyl (C=O) groups excluding carboxylic acids is 1. The van der Waals surface area contributed by atoms with E-state index in [4.69, 9.17) is 0 Å². The number of aryl methyl sites for hydroxylation is 1. The molecule has 2 aromatic heterocycles. The molecule has 3 rings (SSSR count). The van der Waals surface area contributed by atoms with Gasteiger partial charge in [0.2, 0.25) is 0 Å². The third-order valence-corrected chi connectivity index (χ3v) is 5.19. The number of nitrogens with zero attached hydrogens (tertiary/aromatic N) is 4. The Morgan fingerprint density at radius 1 is 1.48 bits per heavy atom. The molecule has 3 heterocycles. The highest BCUT2D eigenvalue weighted by Gasteiger charge is 2.30. The molecule has 0 aliphatic carbocycles. The Morgan fingerprint density at radius 3 is 2.78 bits per heavy atom. The van der Waals surface area contributed by atoms with Crippen molar-refractivity contribution in [1.82, 2.24) is 19.4 Å². The van der Waals surface area contributed by atoms with Crippen molar-refractivity contribution in [3.8, 4) is 0 Å². The minimum absolute atomic E-state index is 0.0346. The predicted octanol–water partition coefficient (Wildman–Crippen LogP) is 1.50. The van der Waals surface area contributed by atoms with E-state index in [1.54, 1.807) is 18.6 Å². The fourth-order valence-electron chi connectivity index (χ4n) is 2.94. The quantitative estimate of drug-likeness (QED) is 0.885. The van der Waals surface area contributed by atoms with E-state index < -0.39 is 6.10 Å². The van der Waals surface area contributed by atoms with Crippen LogP contribution < -0.4 is 5.32 Å². The maximum absolute atomic E-state index is 12.5. The molecule has 1 atom stereocenters. The number of likely N-dealkylation sites (tertiary alicyclic amines) is 1. The summed E-state index contributed by atoms with van der Waals surface area (Å²) >= 11 is 1.43. The standard InChI is InChI=1S/C15H21N5O2S/c1-16-15-18-11(9-23-15)14(22)20-6-3-10(4-7-20)12(21)13-17-5-8-19(13)2/h5,8-10,12,21H,3-4,6-7H2,1-2H3,(H,16,18)/t12-/m1/s1. The van der Waals surface area contributed by atoms with Crippen LogP contribution in [-0.2, 0) is 7.05 Å². The van der Waals surface area contributed by atoms with Crippen molar-refractivity contribution in [2.75, 3.05) is 25.5 Å². The number of imidazole rings is 1. The van der Waals surface area contributed by atoms with Gasteiger partial charge in [0.05, 0.1) is 0 Å². The van der Waals surface area contributed by atoms with Crippen LogP contribution in [-0.4, -0.2) is 50.6 Å². The fourth-order valence-corrected chi connectivity index (χ4v) is 3.59. The van der Waals surface area contributed by atoms with E-state index in [-0.39, 0.29) is 11.8 Å². The van der Waals surface area contributed by atoms with Crippen molar-refractivity contribution in [3.63, 3.8) is 0 Å². The number of amides is 1. The normalized spacial score (nSPS) is 17.3. The molecule has 0 saturated carbocycles. The Morgan fingerprint density at radius 2 is 2.22 bits per heavy atom. The summed E-state index contributed by atoms with van der Waals surface area (Å²) in [5.41, 5.74) is 0.488. The third-order valence-electron chi connectivity index (χ3n) is 4.33. The summed E-state index contributed by atoms with van der Waals surface area (Å²) in [6, 6.07) is 0. The molecule has 0 bridgehead atoms. The molecule has 23 heavy (non-hydrogen) atoms. The zero-order chi connectivity index (χ0) is 16.4. The first kappa shape index (κ1) is 15.9. The van der Waals surface area contributed by atoms with Gasteiger partial charge in [0.1, 0.15) is 17.6 Å². The fraction of sp³-hybridized carbons (Fsp3) is 0.533. The summed E-state index contributed by atoms with van der Waals surface area (Å²) in [4.78, 5) is 22.8. The highest BCUT2D eigenvalue weighted by atomic mass is 32.1. The maximum Gasteiger partial charge on any atom is 0.273 e. The van der Waals surface area contributed by atoms with E-state index >= 15 is 0 Å². The van der Waals surface area contributed by atoms with Crippen molar-refractivity contribution in [3.05, 3.63) is 29.3 Å². The second-order valence-corrected chi connectivity index (χ2v) is 6.62. The molecule has 2 aromatic rings. The Bertz CT molecular complexity index is 675. The Hall–Kier alpha value is -1.93. The molecule has 0 unspecified atom stereocenters. The predicted molar refractivity (Wildman–Crippen MR) is 88.5 cm³/mol. The number of piperidine rings is 1. The van der Waals surface area contributed by atoms with Gasteiger partial charge in [0.25, 0.3) is 5.91 Å². The number of anilines is 1. The molecule has 1 amide bonds. The second kappa shape index (κ2) is 6.67. The molecule has 0 aromatic carbocycles. The number of thiazole rings is 1. The summed E-state index contributed by atoms with van der Waals surface area (Å²) < 4.78 is 1.84. The summed E-state index contributed by atoms with van der Waals surface area (Å²) in [7, 11) is 3.67. The largest absolute Gasteiger partial charge is 0.385 e. The minimum Gasteiger partial charge on any atom is -0.385 e. The number of aliphatic hydroxyl groups is 1. The molecule has 1 saturated heterocycles. The third kappa shape index (κ3) is 3.23. The summed E-state index contributed by atoms with van der Waals surface area (Å²) in [5, 5.41) is 16.0. The molecule has 0 radical (unpaired) electrons. The van der Waals surface area contributed by atoms with E-state index in [0.717, 1.165) is 18.0 Å². The van der Waals surface area contributed by atoms with Crippen LogP contribution in [0, 0.1) is 5.92 Å². The van der Waals surface area contributed by atoms with Crippen molar-refractivity contribution in [2.24, 2.45) is 13.0 Å². The average Bonchev–Trinajstić information content (AvgIpc) is 3.22. The van der Waals surface area contributed by atoms with Gasteiger partial charge in [-0.15, -0.1) is 11.3 Å². The van der Waals surface area contributed by atoms with Gasteiger partial charge in [0.15, 0.2) is 5.13 Å². The molecule has 8 heteroatoms. The molecule has 1 fully saturated rings. The van der Waals surface area contributed by atoms with Gasteiger partial charge in [-0.2, -0.15) is 0 Å². The molecule has 1 aliphatic rings. The zero-order valence-electron chi connectivity index (χ0n) is 13.3. The van der Waals surface area contributed by atoms with E-state index in [9.17, 15) is 9.90 Å². The lowest BCUT2D eigenvalue weighted by atomic mass is 9.90. The first-order chi connectivity index (χ1) is 11.1. The van der Waals surface area contributed by atoms with Crippen LogP contribution in [0.1, 0.15) is 35.3 Å². The van der Waals surface area contributed by atoms with Gasteiger partial charge in [-0.05, 0) is 18.8 Å². The van der Waals surface area contributed by atoms with Crippen molar-refractivity contribution in [1.29, 1.82) is 0 Å². The van der Waals surface area contributed by atoms with Gasteiger partial charge >= 0.3 is 0 Å². The summed E-state index contributed by atoms with van der Waals surface area (Å²) in [6.45, 7) is 1.27. The van der Waals surface area contributed by atoms with Crippen LogP contribution in [0.15, 0.2) is 17.8 Å². The van der Waals surface area contributed by atoms with Crippen LogP contribution in [0.4, 0.5) is 5.13 Å². The van der Waals surface area contributed by atoms with Crippen LogP contribution in [0.5, 0.6) is 0 Å². The van der Waals surface area contributed by atoms with Crippen molar-refractivity contribution in [2.45, 2.75) is 18.9 Å². The Labute approximate surface area is 139 Å². The van der Waals surface area contributed by atoms with Crippen LogP contribution in [0.25, 0.3) is 0 Å². The second-order valence-electron chi connectivity index (χ2n) is 5.76. The number of carbonyl (C=O) groups is 1. The molecule has 0 spiro atoms. The van der Waals surface area contributed by atoms with E-state index in [0.29, 0.717) is 24.6 Å². The van der Waals surface area contributed by atoms with Gasteiger partial charge < -0.3 is 19.9 Å². The van der Waals surface area contributed by atoms with Crippen LogP contribution in [0.3, 0.4) is 0 Å². The summed E-state index contributed by atoms with van der Waals surface area (Å²) in [6.07, 6.45) is 4.48. The van der Waals surface area contributed by atoms with E-state index in [1.807, 2.05) is 22.7 Å². The highest BCUT2D eigenvalue weighted by molar-refractivity contribution is 7.13. The number of hydrogen-bond acceptors (Lipinski definition) is 6. The molecular formula is C15H21N5O2S. The molecule has 7 nitrogen and oxygen atoms in total.